The first-order valence-electron chi connectivity index (χ1n) is 8.73. The van der Waals surface area contributed by atoms with Crippen molar-refractivity contribution in [2.75, 3.05) is 51.5 Å². The molecule has 1 saturated heterocycles. The summed E-state index contributed by atoms with van der Waals surface area (Å²) in [4.78, 5) is 23.8. The second-order valence-electron chi connectivity index (χ2n) is 6.15. The van der Waals surface area contributed by atoms with Gasteiger partial charge in [-0.2, -0.15) is 0 Å². The largest absolute Gasteiger partial charge is 0.383 e. The van der Waals surface area contributed by atoms with Gasteiger partial charge in [0.2, 0.25) is 0 Å². The van der Waals surface area contributed by atoms with E-state index in [9.17, 15) is 4.79 Å². The fraction of sp³-hybridized carbons (Fsp3) is 0.421. The number of rotatable bonds is 6. The Balaban J connectivity index is 1.92. The number of ether oxygens (including phenoxy) is 2. The van der Waals surface area contributed by atoms with E-state index >= 15 is 0 Å². The number of carbonyl (C=O) groups is 1. The average molecular weight is 356 g/mol. The first-order valence-corrected chi connectivity index (χ1v) is 8.73. The van der Waals surface area contributed by atoms with Crippen LogP contribution in [0.15, 0.2) is 30.5 Å². The van der Waals surface area contributed by atoms with E-state index in [0.717, 1.165) is 5.56 Å². The van der Waals surface area contributed by atoms with Crippen molar-refractivity contribution < 1.29 is 14.3 Å². The normalized spacial score (nSPS) is 14.3. The van der Waals surface area contributed by atoms with E-state index in [1.807, 2.05) is 31.2 Å². The maximum absolute atomic E-state index is 12.6. The van der Waals surface area contributed by atoms with Gasteiger partial charge in [-0.05, 0) is 6.92 Å². The molecule has 1 aromatic carbocycles. The molecule has 2 heterocycles. The summed E-state index contributed by atoms with van der Waals surface area (Å²) in [7, 11) is 1.60. The van der Waals surface area contributed by atoms with Crippen LogP contribution in [0.4, 0.5) is 5.82 Å². The number of morpholine rings is 1. The van der Waals surface area contributed by atoms with Crippen LogP contribution < -0.4 is 10.2 Å². The topological polar surface area (TPSA) is 76.6 Å². The molecule has 0 spiro atoms. The number of amides is 1. The van der Waals surface area contributed by atoms with Crippen molar-refractivity contribution in [1.82, 2.24) is 15.3 Å². The Morgan fingerprint density at radius 1 is 1.27 bits per heavy atom. The maximum atomic E-state index is 12.6. The number of methoxy groups -OCH3 is 1. The summed E-state index contributed by atoms with van der Waals surface area (Å²) in [5.41, 5.74) is 2.58. The van der Waals surface area contributed by atoms with Gasteiger partial charge in [0, 0.05) is 38.5 Å². The van der Waals surface area contributed by atoms with Crippen LogP contribution in [0.2, 0.25) is 0 Å². The highest BCUT2D eigenvalue weighted by Gasteiger charge is 2.22. The molecule has 1 aromatic heterocycles. The lowest BCUT2D eigenvalue weighted by atomic mass is 10.1. The number of nitrogens with one attached hydrogen (secondary N) is 1. The molecule has 0 unspecified atom stereocenters. The Morgan fingerprint density at radius 2 is 2.00 bits per heavy atom. The van der Waals surface area contributed by atoms with Crippen molar-refractivity contribution in [2.24, 2.45) is 0 Å². The van der Waals surface area contributed by atoms with Gasteiger partial charge in [-0.3, -0.25) is 4.79 Å². The summed E-state index contributed by atoms with van der Waals surface area (Å²) in [6.45, 7) is 5.57. The maximum Gasteiger partial charge on any atom is 0.256 e. The van der Waals surface area contributed by atoms with Crippen molar-refractivity contribution in [2.45, 2.75) is 6.92 Å². The van der Waals surface area contributed by atoms with Crippen molar-refractivity contribution in [3.05, 3.63) is 41.6 Å². The second kappa shape index (κ2) is 8.73. The van der Waals surface area contributed by atoms with E-state index in [-0.39, 0.29) is 5.91 Å². The number of hydrogen-bond acceptors (Lipinski definition) is 6. The molecule has 26 heavy (non-hydrogen) atoms. The van der Waals surface area contributed by atoms with Gasteiger partial charge in [0.1, 0.15) is 11.4 Å². The zero-order valence-electron chi connectivity index (χ0n) is 15.2. The second-order valence-corrected chi connectivity index (χ2v) is 6.15. The molecular formula is C19H24N4O3. The van der Waals surface area contributed by atoms with Gasteiger partial charge in [-0.25, -0.2) is 9.97 Å². The monoisotopic (exact) mass is 356 g/mol. The molecular weight excluding hydrogens is 332 g/mol. The lowest BCUT2D eigenvalue weighted by molar-refractivity contribution is 0.0935. The van der Waals surface area contributed by atoms with Crippen molar-refractivity contribution in [3.8, 4) is 11.4 Å². The number of aryl methyl sites for hydroxylation is 1. The molecule has 2 aromatic rings. The van der Waals surface area contributed by atoms with Crippen LogP contribution in [-0.2, 0) is 9.47 Å². The van der Waals surface area contributed by atoms with Crippen molar-refractivity contribution in [3.63, 3.8) is 0 Å². The lowest BCUT2D eigenvalue weighted by Gasteiger charge is -2.29. The zero-order chi connectivity index (χ0) is 18.4. The van der Waals surface area contributed by atoms with Crippen LogP contribution in [0, 0.1) is 6.92 Å². The number of aromatic nitrogens is 2. The molecule has 7 nitrogen and oxygen atoms in total. The van der Waals surface area contributed by atoms with Crippen LogP contribution in [-0.4, -0.2) is 62.4 Å². The molecule has 0 bridgehead atoms. The fourth-order valence-corrected chi connectivity index (χ4v) is 2.75. The Morgan fingerprint density at radius 3 is 2.69 bits per heavy atom. The highest BCUT2D eigenvalue weighted by atomic mass is 16.5. The van der Waals surface area contributed by atoms with E-state index in [2.05, 4.69) is 15.2 Å². The average Bonchev–Trinajstić information content (AvgIpc) is 2.69. The van der Waals surface area contributed by atoms with Crippen molar-refractivity contribution >= 4 is 11.7 Å². The number of anilines is 1. The Hall–Kier alpha value is -2.51. The molecule has 1 amide bonds. The molecule has 3 rings (SSSR count). The third kappa shape index (κ3) is 4.36. The summed E-state index contributed by atoms with van der Waals surface area (Å²) in [6, 6.07) is 8.04. The van der Waals surface area contributed by atoms with Gasteiger partial charge >= 0.3 is 0 Å². The minimum Gasteiger partial charge on any atom is -0.383 e. The predicted octanol–water partition coefficient (Wildman–Crippen LogP) is 1.66. The van der Waals surface area contributed by atoms with E-state index < -0.39 is 0 Å². The van der Waals surface area contributed by atoms with Gasteiger partial charge in [0.15, 0.2) is 5.82 Å². The third-order valence-electron chi connectivity index (χ3n) is 4.23. The van der Waals surface area contributed by atoms with E-state index in [0.29, 0.717) is 56.7 Å². The highest BCUT2D eigenvalue weighted by molar-refractivity contribution is 5.98. The van der Waals surface area contributed by atoms with Crippen LogP contribution >= 0.6 is 0 Å². The number of benzene rings is 1. The van der Waals surface area contributed by atoms with Gasteiger partial charge in [0.05, 0.1) is 19.8 Å². The van der Waals surface area contributed by atoms with Gasteiger partial charge in [-0.1, -0.05) is 29.8 Å². The van der Waals surface area contributed by atoms with Gasteiger partial charge in [-0.15, -0.1) is 0 Å². The zero-order valence-corrected chi connectivity index (χ0v) is 15.2. The van der Waals surface area contributed by atoms with Crippen LogP contribution in [0.5, 0.6) is 0 Å². The Kier molecular flexibility index (Phi) is 6.14. The fourth-order valence-electron chi connectivity index (χ4n) is 2.75. The molecule has 1 N–H and O–H groups in total. The molecule has 1 aliphatic rings. The van der Waals surface area contributed by atoms with Crippen LogP contribution in [0.1, 0.15) is 15.9 Å². The van der Waals surface area contributed by atoms with Crippen LogP contribution in [0.3, 0.4) is 0 Å². The SMILES string of the molecule is COCCNC(=O)c1cnc(-c2ccc(C)cc2)nc1N1CCOCC1. The number of hydrogen-bond donors (Lipinski definition) is 1. The summed E-state index contributed by atoms with van der Waals surface area (Å²) < 4.78 is 10.4. The molecule has 0 atom stereocenters. The first-order chi connectivity index (χ1) is 12.7. The molecule has 0 saturated carbocycles. The molecule has 1 fully saturated rings. The molecule has 0 aliphatic carbocycles. The Bertz CT molecular complexity index is 743. The van der Waals surface area contributed by atoms with Crippen LogP contribution in [0.25, 0.3) is 11.4 Å². The number of nitrogens with zero attached hydrogens (tertiary/aromatic N) is 3. The molecule has 7 heteroatoms. The summed E-state index contributed by atoms with van der Waals surface area (Å²) in [6.07, 6.45) is 1.61. The third-order valence-corrected chi connectivity index (χ3v) is 4.23. The quantitative estimate of drug-likeness (QED) is 0.794. The summed E-state index contributed by atoms with van der Waals surface area (Å²) in [5, 5.41) is 2.84. The van der Waals surface area contributed by atoms with Gasteiger partial charge < -0.3 is 19.7 Å². The molecule has 1 aliphatic heterocycles. The van der Waals surface area contributed by atoms with Gasteiger partial charge in [0.25, 0.3) is 5.91 Å². The minimum atomic E-state index is -0.195. The number of carbonyl (C=O) groups excluding carboxylic acids is 1. The summed E-state index contributed by atoms with van der Waals surface area (Å²) >= 11 is 0. The standard InChI is InChI=1S/C19H24N4O3/c1-14-3-5-15(6-4-14)17-21-13-16(19(24)20-7-10-25-2)18(22-17)23-8-11-26-12-9-23/h3-6,13H,7-12H2,1-2H3,(H,20,24). The first kappa shape index (κ1) is 18.3. The Labute approximate surface area is 153 Å². The van der Waals surface area contributed by atoms with E-state index in [1.165, 1.54) is 5.56 Å². The highest BCUT2D eigenvalue weighted by Crippen LogP contribution is 2.23. The smallest absolute Gasteiger partial charge is 0.256 e. The minimum absolute atomic E-state index is 0.195. The molecule has 0 radical (unpaired) electrons. The van der Waals surface area contributed by atoms with E-state index in [1.54, 1.807) is 13.3 Å². The predicted molar refractivity (Wildman–Crippen MR) is 99.4 cm³/mol. The van der Waals surface area contributed by atoms with Crippen molar-refractivity contribution in [1.29, 1.82) is 0 Å². The molecule has 138 valence electrons. The summed E-state index contributed by atoms with van der Waals surface area (Å²) in [5.74, 6) is 1.06. The lowest BCUT2D eigenvalue weighted by Crippen LogP contribution is -2.39. The van der Waals surface area contributed by atoms with E-state index in [4.69, 9.17) is 14.5 Å².